The van der Waals surface area contributed by atoms with Crippen molar-refractivity contribution in [3.05, 3.63) is 101 Å². The molecule has 2 atom stereocenters. The molecule has 0 amide bonds. The highest BCUT2D eigenvalue weighted by atomic mass is 14.8. The third-order valence-electron chi connectivity index (χ3n) is 4.29. The van der Waals surface area contributed by atoms with E-state index < -0.39 is 0 Å². The largest absolute Gasteiger partial charge is 0.285 e. The molecule has 1 heterocycles. The minimum atomic E-state index is 0.0891. The monoisotopic (exact) mass is 341 g/mol. The first-order chi connectivity index (χ1) is 12.7. The van der Waals surface area contributed by atoms with Gasteiger partial charge in [-0.25, -0.2) is 0 Å². The molecule has 3 rings (SSSR count). The molecule has 0 unspecified atom stereocenters. The van der Waals surface area contributed by atoms with Crippen molar-refractivity contribution in [3.8, 4) is 0 Å². The summed E-state index contributed by atoms with van der Waals surface area (Å²) in [6, 6.07) is 24.7. The van der Waals surface area contributed by atoms with Gasteiger partial charge in [-0.15, -0.1) is 0 Å². The van der Waals surface area contributed by atoms with Crippen molar-refractivity contribution in [2.45, 2.75) is 25.9 Å². The molecule has 0 N–H and O–H groups in total. The summed E-state index contributed by atoms with van der Waals surface area (Å²) >= 11 is 0. The van der Waals surface area contributed by atoms with Crippen LogP contribution in [0.4, 0.5) is 0 Å². The summed E-state index contributed by atoms with van der Waals surface area (Å²) < 4.78 is 0. The second kappa shape index (κ2) is 8.86. The predicted molar refractivity (Wildman–Crippen MR) is 109 cm³/mol. The Morgan fingerprint density at radius 1 is 0.692 bits per heavy atom. The maximum absolute atomic E-state index is 4.68. The molecule has 0 saturated heterocycles. The zero-order valence-corrected chi connectivity index (χ0v) is 15.2. The molecule has 2 aromatic carbocycles. The number of nitrogens with zero attached hydrogens (tertiary/aromatic N) is 3. The van der Waals surface area contributed by atoms with Crippen molar-refractivity contribution in [1.82, 2.24) is 4.98 Å². The number of rotatable bonds is 6. The summed E-state index contributed by atoms with van der Waals surface area (Å²) in [5, 5.41) is 0. The molecule has 0 spiro atoms. The van der Waals surface area contributed by atoms with Crippen LogP contribution in [0.25, 0.3) is 0 Å². The summed E-state index contributed by atoms with van der Waals surface area (Å²) in [5.41, 5.74) is 4.19. The van der Waals surface area contributed by atoms with Crippen molar-refractivity contribution in [2.24, 2.45) is 9.98 Å². The van der Waals surface area contributed by atoms with Crippen molar-refractivity contribution in [1.29, 1.82) is 0 Å². The average molecular weight is 341 g/mol. The first-order valence-corrected chi connectivity index (χ1v) is 8.85. The van der Waals surface area contributed by atoms with E-state index in [0.717, 1.165) is 11.3 Å². The molecule has 0 saturated carbocycles. The lowest BCUT2D eigenvalue weighted by molar-refractivity contribution is 0.823. The van der Waals surface area contributed by atoms with E-state index in [1.807, 2.05) is 61.0 Å². The number of aliphatic imine (C=N–C) groups is 2. The van der Waals surface area contributed by atoms with Gasteiger partial charge >= 0.3 is 0 Å². The fraction of sp³-hybridized carbons (Fsp3) is 0.174. The van der Waals surface area contributed by atoms with Crippen molar-refractivity contribution in [3.63, 3.8) is 0 Å². The molecule has 130 valence electrons. The van der Waals surface area contributed by atoms with E-state index in [4.69, 9.17) is 0 Å². The third kappa shape index (κ3) is 4.73. The molecule has 0 aliphatic rings. The molecule has 0 aliphatic carbocycles. The van der Waals surface area contributed by atoms with Gasteiger partial charge in [-0.1, -0.05) is 60.7 Å². The van der Waals surface area contributed by atoms with Gasteiger partial charge in [0.1, 0.15) is 0 Å². The minimum Gasteiger partial charge on any atom is -0.285 e. The fourth-order valence-corrected chi connectivity index (χ4v) is 2.66. The molecule has 0 fully saturated rings. The van der Waals surface area contributed by atoms with Crippen LogP contribution in [0.2, 0.25) is 0 Å². The van der Waals surface area contributed by atoms with E-state index in [1.54, 1.807) is 6.20 Å². The maximum Gasteiger partial charge on any atom is 0.0895 e. The fourth-order valence-electron chi connectivity index (χ4n) is 2.66. The SMILES string of the molecule is C[C@H](N=Cc1cccnc1C=N[C@@H](C)c1ccccc1)c1ccccc1. The Morgan fingerprint density at radius 3 is 1.81 bits per heavy atom. The number of hydrogen-bond acceptors (Lipinski definition) is 3. The van der Waals surface area contributed by atoms with Gasteiger partial charge in [0.2, 0.25) is 0 Å². The highest BCUT2D eigenvalue weighted by molar-refractivity contribution is 5.92. The number of aromatic nitrogens is 1. The smallest absolute Gasteiger partial charge is 0.0895 e. The van der Waals surface area contributed by atoms with Gasteiger partial charge in [0.05, 0.1) is 17.8 Å². The van der Waals surface area contributed by atoms with E-state index >= 15 is 0 Å². The lowest BCUT2D eigenvalue weighted by Gasteiger charge is -2.07. The normalized spacial score (nSPS) is 13.9. The number of benzene rings is 2. The molecule has 3 nitrogen and oxygen atoms in total. The first-order valence-electron chi connectivity index (χ1n) is 8.85. The molecule has 0 radical (unpaired) electrons. The molecule has 0 aliphatic heterocycles. The summed E-state index contributed by atoms with van der Waals surface area (Å²) in [6.45, 7) is 4.17. The predicted octanol–water partition coefficient (Wildman–Crippen LogP) is 5.44. The highest BCUT2D eigenvalue weighted by Gasteiger charge is 2.04. The summed E-state index contributed by atoms with van der Waals surface area (Å²) in [7, 11) is 0. The summed E-state index contributed by atoms with van der Waals surface area (Å²) in [6.07, 6.45) is 5.51. The van der Waals surface area contributed by atoms with Crippen LogP contribution in [0.15, 0.2) is 89.0 Å². The zero-order valence-electron chi connectivity index (χ0n) is 15.2. The molecular weight excluding hydrogens is 318 g/mol. The standard InChI is InChI=1S/C23H23N3/c1-18(20-10-5-3-6-11-20)25-16-22-14-9-15-24-23(22)17-26-19(2)21-12-7-4-8-13-21/h3-19H,1-2H3/t18-,19-/m0/s1. The van der Waals surface area contributed by atoms with Crippen LogP contribution >= 0.6 is 0 Å². The van der Waals surface area contributed by atoms with Gasteiger partial charge in [0, 0.05) is 24.2 Å². The molecule has 0 bridgehead atoms. The Balaban J connectivity index is 1.76. The van der Waals surface area contributed by atoms with Gasteiger partial charge < -0.3 is 0 Å². The Kier molecular flexibility index (Phi) is 6.05. The van der Waals surface area contributed by atoms with Crippen LogP contribution in [0, 0.1) is 0 Å². The summed E-state index contributed by atoms with van der Waals surface area (Å²) in [5.74, 6) is 0. The molecule has 3 aromatic rings. The van der Waals surface area contributed by atoms with E-state index in [2.05, 4.69) is 53.1 Å². The van der Waals surface area contributed by atoms with Gasteiger partial charge in [-0.3, -0.25) is 15.0 Å². The van der Waals surface area contributed by atoms with E-state index in [9.17, 15) is 0 Å². The van der Waals surface area contributed by atoms with Crippen LogP contribution in [-0.4, -0.2) is 17.4 Å². The van der Waals surface area contributed by atoms with E-state index in [0.29, 0.717) is 0 Å². The summed E-state index contributed by atoms with van der Waals surface area (Å²) in [4.78, 5) is 13.8. The minimum absolute atomic E-state index is 0.0891. The van der Waals surface area contributed by atoms with Crippen LogP contribution < -0.4 is 0 Å². The molecule has 1 aromatic heterocycles. The van der Waals surface area contributed by atoms with E-state index in [-0.39, 0.29) is 12.1 Å². The molecule has 26 heavy (non-hydrogen) atoms. The van der Waals surface area contributed by atoms with Crippen LogP contribution in [0.3, 0.4) is 0 Å². The lowest BCUT2D eigenvalue weighted by atomic mass is 10.1. The van der Waals surface area contributed by atoms with Gasteiger partial charge in [0.25, 0.3) is 0 Å². The second-order valence-electron chi connectivity index (χ2n) is 6.21. The second-order valence-corrected chi connectivity index (χ2v) is 6.21. The average Bonchev–Trinajstić information content (AvgIpc) is 2.72. The van der Waals surface area contributed by atoms with Crippen LogP contribution in [0.1, 0.15) is 48.3 Å². The van der Waals surface area contributed by atoms with E-state index in [1.165, 1.54) is 11.1 Å². The lowest BCUT2D eigenvalue weighted by Crippen LogP contribution is -1.98. The Bertz CT molecular complexity index is 796. The number of pyridine rings is 1. The Morgan fingerprint density at radius 2 is 1.23 bits per heavy atom. The van der Waals surface area contributed by atoms with Crippen molar-refractivity contribution < 1.29 is 0 Å². The van der Waals surface area contributed by atoms with Gasteiger partial charge in [-0.2, -0.15) is 0 Å². The quantitative estimate of drug-likeness (QED) is 0.550. The van der Waals surface area contributed by atoms with Crippen LogP contribution in [-0.2, 0) is 0 Å². The molecular formula is C23H23N3. The van der Waals surface area contributed by atoms with Gasteiger partial charge in [0.15, 0.2) is 0 Å². The topological polar surface area (TPSA) is 37.6 Å². The first kappa shape index (κ1) is 17.7. The third-order valence-corrected chi connectivity index (χ3v) is 4.29. The van der Waals surface area contributed by atoms with Gasteiger partial charge in [-0.05, 0) is 37.1 Å². The zero-order chi connectivity index (χ0) is 18.2. The number of hydrogen-bond donors (Lipinski definition) is 0. The Hall–Kier alpha value is -3.07. The Labute approximate surface area is 155 Å². The van der Waals surface area contributed by atoms with Crippen molar-refractivity contribution >= 4 is 12.4 Å². The molecule has 3 heteroatoms. The maximum atomic E-state index is 4.68. The highest BCUT2D eigenvalue weighted by Crippen LogP contribution is 2.17. The van der Waals surface area contributed by atoms with Crippen molar-refractivity contribution in [2.75, 3.05) is 0 Å². The van der Waals surface area contributed by atoms with Crippen LogP contribution in [0.5, 0.6) is 0 Å².